The molecule has 1 aromatic rings. The summed E-state index contributed by atoms with van der Waals surface area (Å²) in [5, 5.41) is 14.1. The quantitative estimate of drug-likeness (QED) is 0.536. The van der Waals surface area contributed by atoms with Gasteiger partial charge in [0.05, 0.1) is 5.29 Å². The number of carboxylic acids is 1. The molecule has 0 unspecified atom stereocenters. The van der Waals surface area contributed by atoms with Gasteiger partial charge in [0.15, 0.2) is 11.5 Å². The first kappa shape index (κ1) is 9.04. The number of carbonyl (C=O) groups is 2. The molecule has 0 aliphatic rings. The molecule has 7 nitrogen and oxygen atoms in total. The van der Waals surface area contributed by atoms with Crippen molar-refractivity contribution < 1.29 is 14.7 Å². The van der Waals surface area contributed by atoms with E-state index in [4.69, 9.17) is 5.11 Å². The summed E-state index contributed by atoms with van der Waals surface area (Å²) in [5.41, 5.74) is -0.530. The summed E-state index contributed by atoms with van der Waals surface area (Å²) in [7, 11) is 0. The molecule has 0 aliphatic carbocycles. The van der Waals surface area contributed by atoms with E-state index in [0.717, 1.165) is 6.07 Å². The van der Waals surface area contributed by atoms with Crippen LogP contribution in [0.15, 0.2) is 11.4 Å². The number of nitrogens with zero attached hydrogens (tertiary/aromatic N) is 3. The molecule has 68 valence electrons. The van der Waals surface area contributed by atoms with E-state index in [1.165, 1.54) is 6.92 Å². The fourth-order valence-electron chi connectivity index (χ4n) is 0.781. The third-order valence-corrected chi connectivity index (χ3v) is 1.35. The van der Waals surface area contributed by atoms with Crippen molar-refractivity contribution in [1.29, 1.82) is 0 Å². The predicted molar refractivity (Wildman–Crippen MR) is 40.4 cm³/mol. The second kappa shape index (κ2) is 3.13. The average Bonchev–Trinajstić information content (AvgIpc) is 2.47. The third-order valence-electron chi connectivity index (χ3n) is 1.35. The molecule has 0 atom stereocenters. The standard InChI is InChI=1S/C6H5N3O4/c1-3(10)5-2-4(6(11)12)7-9(5)8-13/h2H,1H3,(H,11,12). The number of hydrogen-bond acceptors (Lipinski definition) is 5. The molecule has 1 aromatic heterocycles. The van der Waals surface area contributed by atoms with Crippen molar-refractivity contribution in [1.82, 2.24) is 9.89 Å². The summed E-state index contributed by atoms with van der Waals surface area (Å²) in [6.07, 6.45) is 0. The van der Waals surface area contributed by atoms with Crippen molar-refractivity contribution in [3.63, 3.8) is 0 Å². The molecule has 0 spiro atoms. The van der Waals surface area contributed by atoms with Gasteiger partial charge >= 0.3 is 5.97 Å². The molecule has 0 saturated heterocycles. The largest absolute Gasteiger partial charge is 0.476 e. The van der Waals surface area contributed by atoms with Crippen molar-refractivity contribution in [2.75, 3.05) is 0 Å². The minimum Gasteiger partial charge on any atom is -0.476 e. The van der Waals surface area contributed by atoms with Crippen molar-refractivity contribution in [2.45, 2.75) is 6.92 Å². The number of carboxylic acid groups (broad SMARTS) is 1. The average molecular weight is 183 g/mol. The maximum atomic E-state index is 10.8. The second-order valence-corrected chi connectivity index (χ2v) is 2.25. The van der Waals surface area contributed by atoms with Gasteiger partial charge in [0.25, 0.3) is 0 Å². The van der Waals surface area contributed by atoms with Crippen molar-refractivity contribution >= 4 is 11.8 Å². The summed E-state index contributed by atoms with van der Waals surface area (Å²) in [5.74, 6) is -1.79. The fraction of sp³-hybridized carbons (Fsp3) is 0.167. The lowest BCUT2D eigenvalue weighted by Crippen LogP contribution is -2.02. The highest BCUT2D eigenvalue weighted by molar-refractivity contribution is 5.95. The summed E-state index contributed by atoms with van der Waals surface area (Å²) >= 11 is 0. The number of hydrogen-bond donors (Lipinski definition) is 1. The molecule has 0 radical (unpaired) electrons. The number of nitroso groups, excluding NO2 is 1. The molecule has 0 aromatic carbocycles. The first-order valence-corrected chi connectivity index (χ1v) is 3.24. The predicted octanol–water partition coefficient (Wildman–Crippen LogP) is 0.313. The van der Waals surface area contributed by atoms with E-state index in [0.29, 0.717) is 4.79 Å². The molecule has 0 fully saturated rings. The Morgan fingerprint density at radius 2 is 2.23 bits per heavy atom. The van der Waals surface area contributed by atoms with Gasteiger partial charge in [-0.3, -0.25) is 4.79 Å². The van der Waals surface area contributed by atoms with Crippen molar-refractivity contribution in [3.05, 3.63) is 22.4 Å². The van der Waals surface area contributed by atoms with Crippen LogP contribution >= 0.6 is 0 Å². The van der Waals surface area contributed by atoms with Gasteiger partial charge in [-0.1, -0.05) is 0 Å². The van der Waals surface area contributed by atoms with Crippen LogP contribution in [-0.4, -0.2) is 26.7 Å². The number of carbonyl (C=O) groups excluding carboxylic acids is 1. The van der Waals surface area contributed by atoms with Crippen LogP contribution in [0.4, 0.5) is 0 Å². The number of rotatable bonds is 3. The molecule has 0 amide bonds. The molecular weight excluding hydrogens is 178 g/mol. The summed E-state index contributed by atoms with van der Waals surface area (Å²) in [4.78, 5) is 31.7. The van der Waals surface area contributed by atoms with Crippen LogP contribution in [0.3, 0.4) is 0 Å². The number of Topliss-reactive ketones (excluding diaryl/α,β-unsaturated/α-hetero) is 1. The molecule has 0 saturated carbocycles. The van der Waals surface area contributed by atoms with Gasteiger partial charge in [-0.25, -0.2) is 4.79 Å². The van der Waals surface area contributed by atoms with Gasteiger partial charge in [0.1, 0.15) is 5.69 Å². The summed E-state index contributed by atoms with van der Waals surface area (Å²) < 4.78 is 0. The molecule has 13 heavy (non-hydrogen) atoms. The number of ketones is 1. The Morgan fingerprint density at radius 3 is 2.54 bits per heavy atom. The van der Waals surface area contributed by atoms with E-state index in [2.05, 4.69) is 10.4 Å². The first-order valence-electron chi connectivity index (χ1n) is 3.24. The van der Waals surface area contributed by atoms with Gasteiger partial charge in [-0.15, -0.1) is 14.8 Å². The van der Waals surface area contributed by atoms with Crippen LogP contribution in [-0.2, 0) is 0 Å². The zero-order valence-corrected chi connectivity index (χ0v) is 6.59. The van der Waals surface area contributed by atoms with Crippen LogP contribution in [0.1, 0.15) is 27.9 Å². The molecular formula is C6H5N3O4. The minimum atomic E-state index is -1.31. The molecule has 7 heteroatoms. The summed E-state index contributed by atoms with van der Waals surface area (Å²) in [6.45, 7) is 1.18. The Morgan fingerprint density at radius 1 is 1.62 bits per heavy atom. The van der Waals surface area contributed by atoms with Crippen LogP contribution in [0.25, 0.3) is 0 Å². The van der Waals surface area contributed by atoms with Crippen LogP contribution < -0.4 is 0 Å². The first-order chi connectivity index (χ1) is 6.06. The van der Waals surface area contributed by atoms with E-state index in [9.17, 15) is 14.5 Å². The van der Waals surface area contributed by atoms with Crippen LogP contribution in [0, 0.1) is 4.91 Å². The number of aromatic carboxylic acids is 1. The molecule has 1 rings (SSSR count). The Hall–Kier alpha value is -2.05. The molecule has 0 aliphatic heterocycles. The van der Waals surface area contributed by atoms with Gasteiger partial charge in [-0.05, 0) is 0 Å². The number of aromatic nitrogens is 2. The Bertz CT molecular complexity index is 381. The lowest BCUT2D eigenvalue weighted by Gasteiger charge is -1.88. The minimum absolute atomic E-state index is 0.146. The van der Waals surface area contributed by atoms with Crippen molar-refractivity contribution in [3.8, 4) is 0 Å². The van der Waals surface area contributed by atoms with Crippen LogP contribution in [0.5, 0.6) is 0 Å². The highest BCUT2D eigenvalue weighted by Crippen LogP contribution is 2.05. The fourth-order valence-corrected chi connectivity index (χ4v) is 0.781. The zero-order valence-electron chi connectivity index (χ0n) is 6.59. The highest BCUT2D eigenvalue weighted by atomic mass is 16.4. The zero-order chi connectivity index (χ0) is 10.0. The SMILES string of the molecule is CC(=O)c1cc(C(=O)O)nn1N=O. The van der Waals surface area contributed by atoms with Crippen molar-refractivity contribution in [2.24, 2.45) is 5.29 Å². The van der Waals surface area contributed by atoms with Gasteiger partial charge in [0.2, 0.25) is 0 Å². The van der Waals surface area contributed by atoms with Crippen LogP contribution in [0.2, 0.25) is 0 Å². The van der Waals surface area contributed by atoms with Gasteiger partial charge < -0.3 is 5.11 Å². The highest BCUT2D eigenvalue weighted by Gasteiger charge is 2.16. The third kappa shape index (κ3) is 1.58. The summed E-state index contributed by atoms with van der Waals surface area (Å²) in [6, 6.07) is 0.992. The Labute approximate surface area is 71.9 Å². The molecule has 1 heterocycles. The van der Waals surface area contributed by atoms with Gasteiger partial charge in [0, 0.05) is 13.0 Å². The van der Waals surface area contributed by atoms with E-state index >= 15 is 0 Å². The van der Waals surface area contributed by atoms with E-state index in [-0.39, 0.29) is 11.4 Å². The lowest BCUT2D eigenvalue weighted by atomic mass is 10.3. The monoisotopic (exact) mass is 183 g/mol. The normalized spacial score (nSPS) is 9.62. The van der Waals surface area contributed by atoms with E-state index < -0.39 is 11.8 Å². The maximum absolute atomic E-state index is 10.8. The molecule has 1 N–H and O–H groups in total. The Balaban J connectivity index is 3.27. The second-order valence-electron chi connectivity index (χ2n) is 2.25. The van der Waals surface area contributed by atoms with E-state index in [1.54, 1.807) is 0 Å². The molecule has 0 bridgehead atoms. The topological polar surface area (TPSA) is 102 Å². The lowest BCUT2D eigenvalue weighted by molar-refractivity contribution is 0.0689. The smallest absolute Gasteiger partial charge is 0.356 e. The van der Waals surface area contributed by atoms with Gasteiger partial charge in [-0.2, -0.15) is 0 Å². The maximum Gasteiger partial charge on any atom is 0.356 e. The van der Waals surface area contributed by atoms with E-state index in [1.807, 2.05) is 0 Å². The Kier molecular flexibility index (Phi) is 2.18.